The van der Waals surface area contributed by atoms with Crippen molar-refractivity contribution in [1.29, 1.82) is 0 Å². The third-order valence-electron chi connectivity index (χ3n) is 3.02. The number of rotatable bonds is 7. The van der Waals surface area contributed by atoms with Crippen LogP contribution in [0.25, 0.3) is 0 Å². The number of nitro groups is 1. The van der Waals surface area contributed by atoms with Gasteiger partial charge in [0.05, 0.1) is 4.92 Å². The van der Waals surface area contributed by atoms with Crippen LogP contribution in [-0.2, 0) is 6.54 Å². The minimum absolute atomic E-state index is 0.0457. The van der Waals surface area contributed by atoms with E-state index < -0.39 is 4.92 Å². The first-order chi connectivity index (χ1) is 10.6. The average molecular weight is 365 g/mol. The van der Waals surface area contributed by atoms with E-state index in [1.54, 1.807) is 0 Å². The predicted molar refractivity (Wildman–Crippen MR) is 91.1 cm³/mol. The second-order valence-electron chi connectivity index (χ2n) is 4.76. The van der Waals surface area contributed by atoms with Gasteiger partial charge in [-0.15, -0.1) is 0 Å². The number of nitrogens with one attached hydrogen (secondary N) is 2. The van der Waals surface area contributed by atoms with Crippen LogP contribution in [0.3, 0.4) is 0 Å². The van der Waals surface area contributed by atoms with Crippen molar-refractivity contribution < 1.29 is 4.92 Å². The molecule has 116 valence electrons. The molecule has 0 fully saturated rings. The zero-order chi connectivity index (χ0) is 15.9. The molecule has 1 aromatic heterocycles. The van der Waals surface area contributed by atoms with Gasteiger partial charge in [-0.05, 0) is 40.0 Å². The second kappa shape index (κ2) is 7.74. The lowest BCUT2D eigenvalue weighted by atomic mass is 10.2. The third-order valence-corrected chi connectivity index (χ3v) is 3.46. The minimum atomic E-state index is -0.447. The zero-order valence-electron chi connectivity index (χ0n) is 12.2. The smallest absolute Gasteiger partial charge is 0.312 e. The monoisotopic (exact) mass is 364 g/mol. The molecule has 0 aliphatic rings. The Kier molecular flexibility index (Phi) is 5.71. The van der Waals surface area contributed by atoms with Crippen molar-refractivity contribution in [3.8, 4) is 0 Å². The predicted octanol–water partition coefficient (Wildman–Crippen LogP) is 4.19. The summed E-state index contributed by atoms with van der Waals surface area (Å²) in [5, 5.41) is 17.3. The molecule has 1 heterocycles. The van der Waals surface area contributed by atoms with Gasteiger partial charge in [-0.3, -0.25) is 10.1 Å². The summed E-state index contributed by atoms with van der Waals surface area (Å²) >= 11 is 3.19. The average Bonchev–Trinajstić information content (AvgIpc) is 2.52. The van der Waals surface area contributed by atoms with Crippen molar-refractivity contribution in [2.24, 2.45) is 0 Å². The molecule has 0 spiro atoms. The van der Waals surface area contributed by atoms with Crippen LogP contribution in [0.4, 0.5) is 17.2 Å². The Labute approximate surface area is 137 Å². The molecule has 0 atom stereocenters. The molecule has 0 amide bonds. The SMILES string of the molecule is CCCNc1ccc(CNc2ncc(Br)cc2[N+](=O)[O-])cc1. The van der Waals surface area contributed by atoms with Crippen LogP contribution in [0.1, 0.15) is 18.9 Å². The van der Waals surface area contributed by atoms with E-state index in [0.29, 0.717) is 11.0 Å². The van der Waals surface area contributed by atoms with Crippen molar-refractivity contribution in [2.75, 3.05) is 17.2 Å². The number of hydrogen-bond acceptors (Lipinski definition) is 5. The van der Waals surface area contributed by atoms with E-state index in [2.05, 4.69) is 38.5 Å². The Morgan fingerprint density at radius 1 is 1.27 bits per heavy atom. The van der Waals surface area contributed by atoms with E-state index in [9.17, 15) is 10.1 Å². The zero-order valence-corrected chi connectivity index (χ0v) is 13.8. The third kappa shape index (κ3) is 4.42. The number of benzene rings is 1. The maximum absolute atomic E-state index is 11.0. The Morgan fingerprint density at radius 3 is 2.64 bits per heavy atom. The molecular weight excluding hydrogens is 348 g/mol. The van der Waals surface area contributed by atoms with E-state index >= 15 is 0 Å². The van der Waals surface area contributed by atoms with E-state index in [-0.39, 0.29) is 11.5 Å². The Balaban J connectivity index is 2.02. The van der Waals surface area contributed by atoms with Crippen molar-refractivity contribution >= 4 is 33.1 Å². The normalized spacial score (nSPS) is 10.3. The van der Waals surface area contributed by atoms with Crippen LogP contribution in [0.2, 0.25) is 0 Å². The first-order valence-corrected chi connectivity index (χ1v) is 7.76. The van der Waals surface area contributed by atoms with E-state index in [4.69, 9.17) is 0 Å². The van der Waals surface area contributed by atoms with Gasteiger partial charge in [-0.25, -0.2) is 4.98 Å². The van der Waals surface area contributed by atoms with Gasteiger partial charge in [0.1, 0.15) is 0 Å². The highest BCUT2D eigenvalue weighted by Crippen LogP contribution is 2.25. The molecule has 0 aliphatic heterocycles. The first kappa shape index (κ1) is 16.2. The van der Waals surface area contributed by atoms with Crippen molar-refractivity contribution in [3.05, 3.63) is 56.7 Å². The Morgan fingerprint density at radius 2 is 2.00 bits per heavy atom. The summed E-state index contributed by atoms with van der Waals surface area (Å²) in [5.74, 6) is 0.265. The van der Waals surface area contributed by atoms with Crippen molar-refractivity contribution in [3.63, 3.8) is 0 Å². The summed E-state index contributed by atoms with van der Waals surface area (Å²) in [4.78, 5) is 14.6. The van der Waals surface area contributed by atoms with E-state index in [1.165, 1.54) is 12.3 Å². The number of nitrogens with zero attached hydrogens (tertiary/aromatic N) is 2. The van der Waals surface area contributed by atoms with Crippen LogP contribution >= 0.6 is 15.9 Å². The largest absolute Gasteiger partial charge is 0.385 e. The van der Waals surface area contributed by atoms with E-state index in [1.807, 2.05) is 24.3 Å². The van der Waals surface area contributed by atoms with Crippen LogP contribution < -0.4 is 10.6 Å². The van der Waals surface area contributed by atoms with Gasteiger partial charge in [0.15, 0.2) is 0 Å². The molecule has 6 nitrogen and oxygen atoms in total. The fourth-order valence-electron chi connectivity index (χ4n) is 1.90. The number of aromatic nitrogens is 1. The van der Waals surface area contributed by atoms with E-state index in [0.717, 1.165) is 24.2 Å². The van der Waals surface area contributed by atoms with Gasteiger partial charge >= 0.3 is 5.69 Å². The fourth-order valence-corrected chi connectivity index (χ4v) is 2.22. The Hall–Kier alpha value is -2.15. The lowest BCUT2D eigenvalue weighted by Crippen LogP contribution is -2.05. The topological polar surface area (TPSA) is 80.1 Å². The molecule has 22 heavy (non-hydrogen) atoms. The van der Waals surface area contributed by atoms with Crippen LogP contribution in [0.15, 0.2) is 41.0 Å². The van der Waals surface area contributed by atoms with Crippen LogP contribution in [0, 0.1) is 10.1 Å². The van der Waals surface area contributed by atoms with Crippen molar-refractivity contribution in [1.82, 2.24) is 4.98 Å². The quantitative estimate of drug-likeness (QED) is 0.568. The van der Waals surface area contributed by atoms with Crippen molar-refractivity contribution in [2.45, 2.75) is 19.9 Å². The number of halogens is 1. The van der Waals surface area contributed by atoms with Crippen LogP contribution in [0.5, 0.6) is 0 Å². The van der Waals surface area contributed by atoms with Gasteiger partial charge in [0.25, 0.3) is 0 Å². The lowest BCUT2D eigenvalue weighted by molar-refractivity contribution is -0.384. The number of pyridine rings is 1. The molecule has 2 rings (SSSR count). The number of hydrogen-bond donors (Lipinski definition) is 2. The Bertz CT molecular complexity index is 646. The summed E-state index contributed by atoms with van der Waals surface area (Å²) in [7, 11) is 0. The molecule has 7 heteroatoms. The number of anilines is 2. The molecule has 2 aromatic rings. The van der Waals surface area contributed by atoms with Gasteiger partial charge in [0.2, 0.25) is 5.82 Å². The molecule has 0 bridgehead atoms. The van der Waals surface area contributed by atoms with Gasteiger partial charge in [-0.2, -0.15) is 0 Å². The maximum atomic E-state index is 11.0. The molecular formula is C15H17BrN4O2. The molecule has 0 unspecified atom stereocenters. The molecule has 1 aromatic carbocycles. The molecule has 0 saturated carbocycles. The minimum Gasteiger partial charge on any atom is -0.385 e. The molecule has 0 saturated heterocycles. The van der Waals surface area contributed by atoms with Gasteiger partial charge < -0.3 is 10.6 Å². The summed E-state index contributed by atoms with van der Waals surface area (Å²) < 4.78 is 0.580. The summed E-state index contributed by atoms with van der Waals surface area (Å²) in [6, 6.07) is 9.39. The first-order valence-electron chi connectivity index (χ1n) is 6.96. The highest BCUT2D eigenvalue weighted by Gasteiger charge is 2.15. The highest BCUT2D eigenvalue weighted by molar-refractivity contribution is 9.10. The lowest BCUT2D eigenvalue weighted by Gasteiger charge is -2.08. The second-order valence-corrected chi connectivity index (χ2v) is 5.67. The summed E-state index contributed by atoms with van der Waals surface area (Å²) in [5.41, 5.74) is 2.05. The molecule has 0 radical (unpaired) electrons. The highest BCUT2D eigenvalue weighted by atomic mass is 79.9. The van der Waals surface area contributed by atoms with Gasteiger partial charge in [0, 0.05) is 35.5 Å². The van der Waals surface area contributed by atoms with Crippen LogP contribution in [-0.4, -0.2) is 16.5 Å². The maximum Gasteiger partial charge on any atom is 0.312 e. The molecule has 0 aliphatic carbocycles. The fraction of sp³-hybridized carbons (Fsp3) is 0.267. The standard InChI is InChI=1S/C15H17BrN4O2/c1-2-7-17-13-5-3-11(4-6-13)9-18-15-14(20(21)22)8-12(16)10-19-15/h3-6,8,10,17H,2,7,9H2,1H3,(H,18,19). The van der Waals surface area contributed by atoms with Gasteiger partial charge in [-0.1, -0.05) is 19.1 Å². The summed E-state index contributed by atoms with van der Waals surface area (Å²) in [6.45, 7) is 3.53. The summed E-state index contributed by atoms with van der Waals surface area (Å²) in [6.07, 6.45) is 2.61. The molecule has 2 N–H and O–H groups in total.